The van der Waals surface area contributed by atoms with E-state index < -0.39 is 12.0 Å². The van der Waals surface area contributed by atoms with Crippen molar-refractivity contribution in [3.05, 3.63) is 12.2 Å². The highest BCUT2D eigenvalue weighted by Gasteiger charge is 2.38. The van der Waals surface area contributed by atoms with Gasteiger partial charge in [-0.2, -0.15) is 0 Å². The van der Waals surface area contributed by atoms with Gasteiger partial charge in [0, 0.05) is 39.0 Å². The summed E-state index contributed by atoms with van der Waals surface area (Å²) in [6, 6.07) is 0. The molecule has 2 fully saturated rings. The molecule has 0 aromatic rings. The summed E-state index contributed by atoms with van der Waals surface area (Å²) in [4.78, 5) is 3.96. The normalized spacial score (nSPS) is 36.0. The van der Waals surface area contributed by atoms with Gasteiger partial charge in [0.05, 0.1) is 12.8 Å². The highest BCUT2D eigenvalue weighted by Crippen LogP contribution is 2.30. The minimum Gasteiger partial charge on any atom is -0.362 e. The van der Waals surface area contributed by atoms with Gasteiger partial charge in [-0.15, -0.1) is 6.58 Å². The van der Waals surface area contributed by atoms with Crippen LogP contribution >= 0.6 is 0 Å². The zero-order valence-electron chi connectivity index (χ0n) is 15.4. The fourth-order valence-electron chi connectivity index (χ4n) is 3.90. The SMILES string of the molecule is C=C(C)CCC1CN(C)CC(F)(NCOC2CC(F)CN(C)C2)C1. The van der Waals surface area contributed by atoms with Gasteiger partial charge in [-0.25, -0.2) is 8.78 Å². The molecule has 0 saturated carbocycles. The standard InChI is InChI=1S/C18H33F2N3O/c1-14(2)5-6-15-8-18(20,12-23(4)9-15)21-13-24-17-7-16(19)10-22(3)11-17/h15-17,21H,1,5-13H2,2-4H3. The van der Waals surface area contributed by atoms with Gasteiger partial charge in [0.25, 0.3) is 0 Å². The van der Waals surface area contributed by atoms with E-state index in [1.54, 1.807) is 0 Å². The third kappa shape index (κ3) is 6.39. The Balaban J connectivity index is 1.78. The van der Waals surface area contributed by atoms with Gasteiger partial charge in [-0.3, -0.25) is 5.32 Å². The molecule has 0 amide bonds. The molecule has 2 aliphatic heterocycles. The first-order chi connectivity index (χ1) is 11.3. The number of piperidine rings is 2. The van der Waals surface area contributed by atoms with Crippen molar-refractivity contribution in [3.63, 3.8) is 0 Å². The summed E-state index contributed by atoms with van der Waals surface area (Å²) in [5.41, 5.74) is 1.14. The topological polar surface area (TPSA) is 27.7 Å². The molecule has 2 rings (SSSR count). The summed E-state index contributed by atoms with van der Waals surface area (Å²) in [6.45, 7) is 8.50. The molecule has 0 aliphatic carbocycles. The molecule has 0 bridgehead atoms. The highest BCUT2D eigenvalue weighted by atomic mass is 19.1. The molecule has 4 unspecified atom stereocenters. The lowest BCUT2D eigenvalue weighted by atomic mass is 9.88. The molecule has 2 aliphatic rings. The molecule has 24 heavy (non-hydrogen) atoms. The number of likely N-dealkylation sites (N-methyl/N-ethyl adjacent to an activating group) is 2. The molecule has 4 atom stereocenters. The maximum Gasteiger partial charge on any atom is 0.176 e. The number of halogens is 2. The second kappa shape index (κ2) is 8.70. The summed E-state index contributed by atoms with van der Waals surface area (Å²) >= 11 is 0. The zero-order valence-corrected chi connectivity index (χ0v) is 15.4. The van der Waals surface area contributed by atoms with E-state index in [0.717, 1.165) is 25.0 Å². The molecule has 0 radical (unpaired) electrons. The minimum absolute atomic E-state index is 0.128. The quantitative estimate of drug-likeness (QED) is 0.436. The van der Waals surface area contributed by atoms with Crippen LogP contribution < -0.4 is 5.32 Å². The van der Waals surface area contributed by atoms with Gasteiger partial charge in [0.1, 0.15) is 6.17 Å². The summed E-state index contributed by atoms with van der Waals surface area (Å²) in [5, 5.41) is 2.93. The Morgan fingerprint density at radius 2 is 2.04 bits per heavy atom. The second-order valence-corrected chi connectivity index (χ2v) is 7.89. The lowest BCUT2D eigenvalue weighted by Gasteiger charge is -2.41. The van der Waals surface area contributed by atoms with Crippen molar-refractivity contribution in [3.8, 4) is 0 Å². The Hall–Kier alpha value is -0.560. The fourth-order valence-corrected chi connectivity index (χ4v) is 3.90. The van der Waals surface area contributed by atoms with Crippen LogP contribution in [0.3, 0.4) is 0 Å². The highest BCUT2D eigenvalue weighted by molar-refractivity contribution is 4.93. The van der Waals surface area contributed by atoms with Gasteiger partial charge in [-0.05, 0) is 39.8 Å². The number of rotatable bonds is 7. The first-order valence-corrected chi connectivity index (χ1v) is 8.97. The third-order valence-electron chi connectivity index (χ3n) is 4.93. The van der Waals surface area contributed by atoms with Gasteiger partial charge in [-0.1, -0.05) is 5.57 Å². The molecule has 2 saturated heterocycles. The van der Waals surface area contributed by atoms with Gasteiger partial charge >= 0.3 is 0 Å². The molecule has 6 heteroatoms. The predicted molar refractivity (Wildman–Crippen MR) is 93.4 cm³/mol. The summed E-state index contributed by atoms with van der Waals surface area (Å²) in [5.74, 6) is -1.13. The van der Waals surface area contributed by atoms with Gasteiger partial charge in [0.2, 0.25) is 0 Å². The van der Waals surface area contributed by atoms with Crippen LogP contribution in [0.25, 0.3) is 0 Å². The molecule has 1 N–H and O–H groups in total. The van der Waals surface area contributed by atoms with Crippen molar-refractivity contribution in [1.82, 2.24) is 15.1 Å². The molecular weight excluding hydrogens is 312 g/mol. The Morgan fingerprint density at radius 3 is 2.71 bits per heavy atom. The predicted octanol–water partition coefficient (Wildman–Crippen LogP) is 2.57. The van der Waals surface area contributed by atoms with Crippen LogP contribution in [0.1, 0.15) is 32.6 Å². The van der Waals surface area contributed by atoms with E-state index in [1.807, 2.05) is 30.8 Å². The van der Waals surface area contributed by atoms with Crippen molar-refractivity contribution in [1.29, 1.82) is 0 Å². The number of likely N-dealkylation sites (tertiary alicyclic amines) is 2. The molecule has 4 nitrogen and oxygen atoms in total. The zero-order chi connectivity index (χ0) is 17.7. The average molecular weight is 345 g/mol. The van der Waals surface area contributed by atoms with Crippen LogP contribution in [0, 0.1) is 5.92 Å². The van der Waals surface area contributed by atoms with Crippen molar-refractivity contribution < 1.29 is 13.5 Å². The van der Waals surface area contributed by atoms with Crippen LogP contribution in [0.5, 0.6) is 0 Å². The van der Waals surface area contributed by atoms with Crippen molar-refractivity contribution in [2.45, 2.75) is 50.7 Å². The summed E-state index contributed by atoms with van der Waals surface area (Å²) in [6.07, 6.45) is 1.76. The molecule has 140 valence electrons. The fraction of sp³-hybridized carbons (Fsp3) is 0.889. The average Bonchev–Trinajstić information content (AvgIpc) is 2.43. The molecule has 0 spiro atoms. The number of allylic oxidation sites excluding steroid dienone is 1. The van der Waals surface area contributed by atoms with Gasteiger partial charge in [0.15, 0.2) is 5.79 Å². The van der Waals surface area contributed by atoms with E-state index in [0.29, 0.717) is 38.4 Å². The lowest BCUT2D eigenvalue weighted by Crippen LogP contribution is -2.56. The van der Waals surface area contributed by atoms with Crippen molar-refractivity contribution in [2.75, 3.05) is 47.0 Å². The molecular formula is C18H33F2N3O. The second-order valence-electron chi connectivity index (χ2n) is 7.89. The van der Waals surface area contributed by atoms with E-state index >= 15 is 4.39 Å². The maximum atomic E-state index is 15.2. The Labute approximate surface area is 145 Å². The number of hydrogen-bond acceptors (Lipinski definition) is 4. The first-order valence-electron chi connectivity index (χ1n) is 8.97. The largest absolute Gasteiger partial charge is 0.362 e. The monoisotopic (exact) mass is 345 g/mol. The number of nitrogens with zero attached hydrogens (tertiary/aromatic N) is 2. The van der Waals surface area contributed by atoms with E-state index in [9.17, 15) is 4.39 Å². The van der Waals surface area contributed by atoms with Crippen LogP contribution in [0.15, 0.2) is 12.2 Å². The Kier molecular flexibility index (Phi) is 7.16. The van der Waals surface area contributed by atoms with E-state index in [-0.39, 0.29) is 12.8 Å². The number of nitrogens with one attached hydrogen (secondary N) is 1. The molecule has 0 aromatic heterocycles. The molecule has 0 aromatic carbocycles. The van der Waals surface area contributed by atoms with Crippen LogP contribution in [-0.2, 0) is 4.74 Å². The minimum atomic E-state index is -1.44. The maximum absolute atomic E-state index is 15.2. The number of ether oxygens (including phenoxy) is 1. The van der Waals surface area contributed by atoms with Gasteiger partial charge < -0.3 is 14.5 Å². The number of hydrogen-bond donors (Lipinski definition) is 1. The lowest BCUT2D eigenvalue weighted by molar-refractivity contribution is -0.0689. The van der Waals surface area contributed by atoms with Crippen LogP contribution in [0.2, 0.25) is 0 Å². The smallest absolute Gasteiger partial charge is 0.176 e. The summed E-state index contributed by atoms with van der Waals surface area (Å²) < 4.78 is 34.4. The van der Waals surface area contributed by atoms with Crippen LogP contribution in [0.4, 0.5) is 8.78 Å². The number of alkyl halides is 2. The first kappa shape index (κ1) is 19.8. The summed E-state index contributed by atoms with van der Waals surface area (Å²) in [7, 11) is 3.84. The molecule has 2 heterocycles. The van der Waals surface area contributed by atoms with E-state index in [1.165, 1.54) is 0 Å². The van der Waals surface area contributed by atoms with Crippen molar-refractivity contribution in [2.24, 2.45) is 5.92 Å². The van der Waals surface area contributed by atoms with E-state index in [4.69, 9.17) is 4.74 Å². The van der Waals surface area contributed by atoms with Crippen molar-refractivity contribution >= 4 is 0 Å². The Morgan fingerprint density at radius 1 is 1.29 bits per heavy atom. The Bertz CT molecular complexity index is 413. The third-order valence-corrected chi connectivity index (χ3v) is 4.93. The van der Waals surface area contributed by atoms with E-state index in [2.05, 4.69) is 11.9 Å². The van der Waals surface area contributed by atoms with Crippen LogP contribution in [-0.4, -0.2) is 74.9 Å².